The maximum Gasteiger partial charge on any atom is 0.245 e. The van der Waals surface area contributed by atoms with Crippen molar-refractivity contribution in [3.8, 4) is 0 Å². The quantitative estimate of drug-likeness (QED) is 0.735. The maximum atomic E-state index is 12.6. The Bertz CT molecular complexity index is 576. The van der Waals surface area contributed by atoms with Crippen LogP contribution in [0.1, 0.15) is 39.5 Å². The van der Waals surface area contributed by atoms with Gasteiger partial charge in [-0.1, -0.05) is 0 Å². The molecule has 0 unspecified atom stereocenters. The molecule has 2 amide bonds. The van der Waals surface area contributed by atoms with Crippen LogP contribution in [0.5, 0.6) is 0 Å². The Labute approximate surface area is 125 Å². The number of rotatable bonds is 5. The van der Waals surface area contributed by atoms with Crippen LogP contribution in [-0.4, -0.2) is 59.8 Å². The van der Waals surface area contributed by atoms with E-state index in [2.05, 4.69) is 0 Å². The lowest BCUT2D eigenvalue weighted by Crippen LogP contribution is -2.51. The maximum absolute atomic E-state index is 12.6. The fourth-order valence-electron chi connectivity index (χ4n) is 2.80. The highest BCUT2D eigenvalue weighted by molar-refractivity contribution is 7.94. The third-order valence-electron chi connectivity index (χ3n) is 4.67. The summed E-state index contributed by atoms with van der Waals surface area (Å²) in [6, 6.07) is 0. The summed E-state index contributed by atoms with van der Waals surface area (Å²) in [4.78, 5) is 27.6. The predicted octanol–water partition coefficient (Wildman–Crippen LogP) is 0.381. The van der Waals surface area contributed by atoms with Crippen molar-refractivity contribution in [3.05, 3.63) is 0 Å². The van der Waals surface area contributed by atoms with Crippen LogP contribution in [0.3, 0.4) is 0 Å². The molecular weight excluding hydrogens is 292 g/mol. The van der Waals surface area contributed by atoms with Gasteiger partial charge in [0.15, 0.2) is 9.84 Å². The van der Waals surface area contributed by atoms with Gasteiger partial charge in [0.25, 0.3) is 0 Å². The third-order valence-corrected chi connectivity index (χ3v) is 7.62. The van der Waals surface area contributed by atoms with E-state index in [-0.39, 0.29) is 24.4 Å². The molecule has 0 aromatic carbocycles. The van der Waals surface area contributed by atoms with Crippen molar-refractivity contribution in [3.63, 3.8) is 0 Å². The van der Waals surface area contributed by atoms with Gasteiger partial charge in [0.05, 0.1) is 11.9 Å². The van der Waals surface area contributed by atoms with Crippen molar-refractivity contribution in [1.29, 1.82) is 0 Å². The standard InChI is InChI=1S/C14H22N2O4S/c1-14(2,21(19,20)11-5-6-11)13(18)16-8-12(17)15(9-16)7-10-3-4-10/h10-11H,3-9H2,1-2H3. The lowest BCUT2D eigenvalue weighted by Gasteiger charge is -2.28. The summed E-state index contributed by atoms with van der Waals surface area (Å²) in [5.41, 5.74) is 0. The van der Waals surface area contributed by atoms with Gasteiger partial charge in [-0.25, -0.2) is 8.42 Å². The highest BCUT2D eigenvalue weighted by Gasteiger charge is 2.52. The molecule has 118 valence electrons. The average molecular weight is 314 g/mol. The van der Waals surface area contributed by atoms with Crippen molar-refractivity contribution >= 4 is 21.7 Å². The van der Waals surface area contributed by atoms with E-state index in [4.69, 9.17) is 0 Å². The molecule has 0 aromatic heterocycles. The Kier molecular flexibility index (Phi) is 3.31. The molecule has 0 atom stereocenters. The van der Waals surface area contributed by atoms with E-state index in [1.807, 2.05) is 0 Å². The zero-order valence-electron chi connectivity index (χ0n) is 12.5. The van der Waals surface area contributed by atoms with E-state index in [0.717, 1.165) is 12.8 Å². The van der Waals surface area contributed by atoms with Crippen LogP contribution >= 0.6 is 0 Å². The summed E-state index contributed by atoms with van der Waals surface area (Å²) in [7, 11) is -3.47. The first-order valence-electron chi connectivity index (χ1n) is 7.54. The van der Waals surface area contributed by atoms with Crippen molar-refractivity contribution < 1.29 is 18.0 Å². The first-order chi connectivity index (χ1) is 9.73. The van der Waals surface area contributed by atoms with E-state index >= 15 is 0 Å². The lowest BCUT2D eigenvalue weighted by atomic mass is 10.2. The van der Waals surface area contributed by atoms with Gasteiger partial charge in [-0.05, 0) is 45.4 Å². The van der Waals surface area contributed by atoms with E-state index in [0.29, 0.717) is 25.3 Å². The molecule has 1 saturated heterocycles. The number of carbonyl (C=O) groups excluding carboxylic acids is 2. The molecule has 0 spiro atoms. The van der Waals surface area contributed by atoms with Crippen molar-refractivity contribution in [1.82, 2.24) is 9.80 Å². The number of hydrogen-bond acceptors (Lipinski definition) is 4. The molecule has 2 saturated carbocycles. The van der Waals surface area contributed by atoms with Gasteiger partial charge >= 0.3 is 0 Å². The summed E-state index contributed by atoms with van der Waals surface area (Å²) in [6.45, 7) is 3.87. The second-order valence-corrected chi connectivity index (χ2v) is 9.74. The number of hydrogen-bond donors (Lipinski definition) is 0. The zero-order valence-corrected chi connectivity index (χ0v) is 13.4. The Morgan fingerprint density at radius 3 is 2.38 bits per heavy atom. The van der Waals surface area contributed by atoms with Crippen LogP contribution in [0.25, 0.3) is 0 Å². The molecule has 7 heteroatoms. The number of sulfone groups is 1. The largest absolute Gasteiger partial charge is 0.323 e. The van der Waals surface area contributed by atoms with Crippen molar-refractivity contribution in [2.24, 2.45) is 5.92 Å². The predicted molar refractivity (Wildman–Crippen MR) is 77.0 cm³/mol. The van der Waals surface area contributed by atoms with Gasteiger partial charge in [-0.15, -0.1) is 0 Å². The molecular formula is C14H22N2O4S. The van der Waals surface area contributed by atoms with Gasteiger partial charge < -0.3 is 9.80 Å². The lowest BCUT2D eigenvalue weighted by molar-refractivity contribution is -0.133. The van der Waals surface area contributed by atoms with Crippen LogP contribution in [-0.2, 0) is 19.4 Å². The molecule has 1 heterocycles. The second-order valence-electron chi connectivity index (χ2n) is 6.96. The summed E-state index contributed by atoms with van der Waals surface area (Å²) in [6.07, 6.45) is 3.57. The minimum Gasteiger partial charge on any atom is -0.323 e. The van der Waals surface area contributed by atoms with Gasteiger partial charge in [0.1, 0.15) is 11.3 Å². The van der Waals surface area contributed by atoms with E-state index in [1.165, 1.54) is 18.7 Å². The van der Waals surface area contributed by atoms with Crippen LogP contribution in [0.2, 0.25) is 0 Å². The van der Waals surface area contributed by atoms with Crippen molar-refractivity contribution in [2.45, 2.75) is 49.5 Å². The summed E-state index contributed by atoms with van der Waals surface area (Å²) >= 11 is 0. The Hall–Kier alpha value is -1.11. The molecule has 0 aromatic rings. The smallest absolute Gasteiger partial charge is 0.245 e. The minimum atomic E-state index is -3.47. The molecule has 0 bridgehead atoms. The van der Waals surface area contributed by atoms with Gasteiger partial charge in [-0.2, -0.15) is 0 Å². The summed E-state index contributed by atoms with van der Waals surface area (Å²) < 4.78 is 23.4. The Morgan fingerprint density at radius 1 is 1.24 bits per heavy atom. The van der Waals surface area contributed by atoms with Gasteiger partial charge in [0, 0.05) is 6.54 Å². The molecule has 21 heavy (non-hydrogen) atoms. The third kappa shape index (κ3) is 2.56. The highest BCUT2D eigenvalue weighted by Crippen LogP contribution is 2.37. The molecule has 6 nitrogen and oxygen atoms in total. The van der Waals surface area contributed by atoms with E-state index in [9.17, 15) is 18.0 Å². The SMILES string of the molecule is CC(C)(C(=O)N1CC(=O)N(CC2CC2)C1)S(=O)(=O)C1CC1. The van der Waals surface area contributed by atoms with Crippen LogP contribution in [0, 0.1) is 5.92 Å². The van der Waals surface area contributed by atoms with E-state index in [1.54, 1.807) is 4.90 Å². The molecule has 3 rings (SSSR count). The summed E-state index contributed by atoms with van der Waals surface area (Å²) in [5, 5.41) is -0.377. The number of nitrogens with zero attached hydrogens (tertiary/aromatic N) is 2. The Balaban J connectivity index is 1.71. The molecule has 3 fully saturated rings. The number of amides is 2. The number of carbonyl (C=O) groups is 2. The molecule has 0 radical (unpaired) electrons. The topological polar surface area (TPSA) is 74.8 Å². The van der Waals surface area contributed by atoms with Gasteiger partial charge in [-0.3, -0.25) is 9.59 Å². The summed E-state index contributed by atoms with van der Waals surface area (Å²) in [5.74, 6) is 0.0446. The first kappa shape index (κ1) is 14.8. The normalized spacial score (nSPS) is 23.8. The molecule has 1 aliphatic heterocycles. The minimum absolute atomic E-state index is 0.00910. The van der Waals surface area contributed by atoms with Crippen molar-refractivity contribution in [2.75, 3.05) is 19.8 Å². The monoisotopic (exact) mass is 314 g/mol. The highest BCUT2D eigenvalue weighted by atomic mass is 32.2. The molecule has 0 N–H and O–H groups in total. The van der Waals surface area contributed by atoms with Crippen LogP contribution < -0.4 is 0 Å². The van der Waals surface area contributed by atoms with Gasteiger partial charge in [0.2, 0.25) is 11.8 Å². The average Bonchev–Trinajstić information content (AvgIpc) is 3.28. The fourth-order valence-corrected chi connectivity index (χ4v) is 4.77. The first-order valence-corrected chi connectivity index (χ1v) is 9.08. The second kappa shape index (κ2) is 4.69. The Morgan fingerprint density at radius 2 is 1.86 bits per heavy atom. The molecule has 3 aliphatic rings. The van der Waals surface area contributed by atoms with Crippen LogP contribution in [0.15, 0.2) is 0 Å². The van der Waals surface area contributed by atoms with Crippen LogP contribution in [0.4, 0.5) is 0 Å². The van der Waals surface area contributed by atoms with E-state index < -0.39 is 20.5 Å². The molecule has 2 aliphatic carbocycles. The fraction of sp³-hybridized carbons (Fsp3) is 0.857. The zero-order chi connectivity index (χ0) is 15.4.